The van der Waals surface area contributed by atoms with Crippen LogP contribution in [0.5, 0.6) is 5.75 Å². The van der Waals surface area contributed by atoms with Gasteiger partial charge in [-0.3, -0.25) is 0 Å². The molecule has 0 aromatic heterocycles. The Kier molecular flexibility index (Phi) is 4.13. The SMILES string of the molecule is CNC(Cc1cccc(F)c1Cl)C1COc2ccccc21. The summed E-state index contributed by atoms with van der Waals surface area (Å²) in [6.07, 6.45) is 0.662. The monoisotopic (exact) mass is 305 g/mol. The number of para-hydroxylation sites is 1. The zero-order valence-electron chi connectivity index (χ0n) is 11.8. The van der Waals surface area contributed by atoms with Crippen molar-refractivity contribution in [3.05, 3.63) is 64.4 Å². The minimum absolute atomic E-state index is 0.146. The standard InChI is InChI=1S/C17H17ClFNO/c1-20-15(9-11-5-4-7-14(19)17(11)18)13-10-21-16-8-3-2-6-12(13)16/h2-8,13,15,20H,9-10H2,1H3. The zero-order chi connectivity index (χ0) is 14.8. The normalized spacial score (nSPS) is 18.1. The summed E-state index contributed by atoms with van der Waals surface area (Å²) in [6, 6.07) is 13.2. The van der Waals surface area contributed by atoms with E-state index in [4.69, 9.17) is 16.3 Å². The second-order valence-corrected chi connectivity index (χ2v) is 5.65. The van der Waals surface area contributed by atoms with Gasteiger partial charge in [0, 0.05) is 17.5 Å². The number of benzene rings is 2. The minimum Gasteiger partial charge on any atom is -0.493 e. The Bertz CT molecular complexity index is 646. The quantitative estimate of drug-likeness (QED) is 0.928. The third-order valence-corrected chi connectivity index (χ3v) is 4.49. The number of halogens is 2. The Morgan fingerprint density at radius 1 is 1.29 bits per heavy atom. The van der Waals surface area contributed by atoms with Crippen molar-refractivity contribution in [3.8, 4) is 5.75 Å². The van der Waals surface area contributed by atoms with Gasteiger partial charge in [0.25, 0.3) is 0 Å². The molecule has 2 unspecified atom stereocenters. The first-order valence-electron chi connectivity index (χ1n) is 7.02. The molecular formula is C17H17ClFNO. The van der Waals surface area contributed by atoms with E-state index in [0.29, 0.717) is 13.0 Å². The number of ether oxygens (including phenoxy) is 1. The molecule has 2 nitrogen and oxygen atoms in total. The Labute approximate surface area is 128 Å². The lowest BCUT2D eigenvalue weighted by molar-refractivity contribution is 0.302. The van der Waals surface area contributed by atoms with Crippen LogP contribution in [-0.4, -0.2) is 19.7 Å². The van der Waals surface area contributed by atoms with Crippen LogP contribution in [-0.2, 0) is 6.42 Å². The van der Waals surface area contributed by atoms with Crippen molar-refractivity contribution in [3.63, 3.8) is 0 Å². The van der Waals surface area contributed by atoms with Gasteiger partial charge in [-0.15, -0.1) is 0 Å². The Morgan fingerprint density at radius 2 is 2.10 bits per heavy atom. The van der Waals surface area contributed by atoms with Crippen molar-refractivity contribution in [2.75, 3.05) is 13.7 Å². The maximum atomic E-state index is 13.6. The molecule has 0 saturated heterocycles. The van der Waals surface area contributed by atoms with Crippen LogP contribution >= 0.6 is 11.6 Å². The fraction of sp³-hybridized carbons (Fsp3) is 0.294. The predicted octanol–water partition coefficient (Wildman–Crippen LogP) is 3.79. The van der Waals surface area contributed by atoms with E-state index in [1.54, 1.807) is 6.07 Å². The number of hydrogen-bond acceptors (Lipinski definition) is 2. The van der Waals surface area contributed by atoms with Crippen molar-refractivity contribution >= 4 is 11.6 Å². The maximum absolute atomic E-state index is 13.6. The van der Waals surface area contributed by atoms with E-state index in [1.807, 2.05) is 31.3 Å². The van der Waals surface area contributed by atoms with E-state index in [0.717, 1.165) is 11.3 Å². The van der Waals surface area contributed by atoms with Crippen molar-refractivity contribution in [1.82, 2.24) is 5.32 Å². The van der Waals surface area contributed by atoms with E-state index in [2.05, 4.69) is 11.4 Å². The van der Waals surface area contributed by atoms with Crippen molar-refractivity contribution in [1.29, 1.82) is 0 Å². The largest absolute Gasteiger partial charge is 0.493 e. The Morgan fingerprint density at radius 3 is 2.90 bits per heavy atom. The van der Waals surface area contributed by atoms with E-state index < -0.39 is 0 Å². The van der Waals surface area contributed by atoms with E-state index in [-0.39, 0.29) is 22.8 Å². The lowest BCUT2D eigenvalue weighted by atomic mass is 9.89. The van der Waals surface area contributed by atoms with Gasteiger partial charge in [-0.05, 0) is 31.2 Å². The Hall–Kier alpha value is -1.58. The van der Waals surface area contributed by atoms with Gasteiger partial charge in [0.1, 0.15) is 11.6 Å². The summed E-state index contributed by atoms with van der Waals surface area (Å²) >= 11 is 6.07. The van der Waals surface area contributed by atoms with Gasteiger partial charge in [-0.2, -0.15) is 0 Å². The fourth-order valence-electron chi connectivity index (χ4n) is 2.91. The molecule has 0 saturated carbocycles. The van der Waals surface area contributed by atoms with Gasteiger partial charge in [0.15, 0.2) is 0 Å². The highest BCUT2D eigenvalue weighted by Gasteiger charge is 2.30. The molecule has 0 amide bonds. The van der Waals surface area contributed by atoms with Crippen LogP contribution in [0.15, 0.2) is 42.5 Å². The number of fused-ring (bicyclic) bond motifs is 1. The van der Waals surface area contributed by atoms with E-state index in [9.17, 15) is 4.39 Å². The van der Waals surface area contributed by atoms with Crippen LogP contribution in [0.3, 0.4) is 0 Å². The lowest BCUT2D eigenvalue weighted by Gasteiger charge is -2.23. The van der Waals surface area contributed by atoms with Crippen LogP contribution in [0.1, 0.15) is 17.0 Å². The van der Waals surface area contributed by atoms with Gasteiger partial charge in [-0.1, -0.05) is 41.9 Å². The van der Waals surface area contributed by atoms with Gasteiger partial charge in [0.05, 0.1) is 11.6 Å². The maximum Gasteiger partial charge on any atom is 0.142 e. The fourth-order valence-corrected chi connectivity index (χ4v) is 3.11. The molecule has 1 N–H and O–H groups in total. The molecule has 3 rings (SSSR count). The topological polar surface area (TPSA) is 21.3 Å². The molecule has 110 valence electrons. The molecule has 1 aliphatic heterocycles. The van der Waals surface area contributed by atoms with Crippen molar-refractivity contribution in [2.24, 2.45) is 0 Å². The van der Waals surface area contributed by atoms with Crippen LogP contribution in [0.4, 0.5) is 4.39 Å². The minimum atomic E-state index is -0.368. The number of rotatable bonds is 4. The molecule has 2 aromatic rings. The van der Waals surface area contributed by atoms with Gasteiger partial charge >= 0.3 is 0 Å². The third kappa shape index (κ3) is 2.76. The summed E-state index contributed by atoms with van der Waals surface area (Å²) in [5.74, 6) is 0.811. The van der Waals surface area contributed by atoms with Gasteiger partial charge in [-0.25, -0.2) is 4.39 Å². The third-order valence-electron chi connectivity index (χ3n) is 4.06. The molecule has 0 spiro atoms. The second-order valence-electron chi connectivity index (χ2n) is 5.27. The summed E-state index contributed by atoms with van der Waals surface area (Å²) in [5.41, 5.74) is 2.02. The zero-order valence-corrected chi connectivity index (χ0v) is 12.5. The highest BCUT2D eigenvalue weighted by atomic mass is 35.5. The second kappa shape index (κ2) is 6.04. The predicted molar refractivity (Wildman–Crippen MR) is 82.6 cm³/mol. The van der Waals surface area contributed by atoms with Gasteiger partial charge < -0.3 is 10.1 Å². The summed E-state index contributed by atoms with van der Waals surface area (Å²) in [7, 11) is 1.92. The van der Waals surface area contributed by atoms with Crippen molar-refractivity contribution in [2.45, 2.75) is 18.4 Å². The lowest BCUT2D eigenvalue weighted by Crippen LogP contribution is -2.35. The summed E-state index contributed by atoms with van der Waals surface area (Å²) < 4.78 is 19.3. The summed E-state index contributed by atoms with van der Waals surface area (Å²) in [5, 5.41) is 3.53. The van der Waals surface area contributed by atoms with Crippen LogP contribution in [0.25, 0.3) is 0 Å². The molecule has 1 aliphatic rings. The average Bonchev–Trinajstić information content (AvgIpc) is 2.93. The molecule has 1 heterocycles. The number of hydrogen-bond donors (Lipinski definition) is 1. The Balaban J connectivity index is 1.85. The van der Waals surface area contributed by atoms with E-state index in [1.165, 1.54) is 11.6 Å². The molecule has 0 aliphatic carbocycles. The molecule has 21 heavy (non-hydrogen) atoms. The molecule has 0 fully saturated rings. The van der Waals surface area contributed by atoms with Crippen molar-refractivity contribution < 1.29 is 9.13 Å². The molecule has 2 aromatic carbocycles. The average molecular weight is 306 g/mol. The molecule has 0 bridgehead atoms. The highest BCUT2D eigenvalue weighted by molar-refractivity contribution is 6.31. The first-order valence-corrected chi connectivity index (χ1v) is 7.40. The number of likely N-dealkylation sites (N-methyl/N-ethyl adjacent to an activating group) is 1. The molecule has 2 atom stereocenters. The van der Waals surface area contributed by atoms with Crippen LogP contribution in [0.2, 0.25) is 5.02 Å². The van der Waals surface area contributed by atoms with Crippen LogP contribution in [0, 0.1) is 5.82 Å². The molecule has 0 radical (unpaired) electrons. The van der Waals surface area contributed by atoms with E-state index >= 15 is 0 Å². The number of nitrogens with one attached hydrogen (secondary N) is 1. The smallest absolute Gasteiger partial charge is 0.142 e. The van der Waals surface area contributed by atoms with Crippen LogP contribution < -0.4 is 10.1 Å². The first-order chi connectivity index (χ1) is 10.2. The molecule has 4 heteroatoms. The summed E-state index contributed by atoms with van der Waals surface area (Å²) in [4.78, 5) is 0. The molecular weight excluding hydrogens is 289 g/mol. The summed E-state index contributed by atoms with van der Waals surface area (Å²) in [6.45, 7) is 0.637. The first kappa shape index (κ1) is 14.4. The highest BCUT2D eigenvalue weighted by Crippen LogP contribution is 2.37. The van der Waals surface area contributed by atoms with Gasteiger partial charge in [0.2, 0.25) is 0 Å².